The molecule has 0 aliphatic heterocycles. The molecule has 96 valence electrons. The maximum Gasteiger partial charge on any atom is 0.178 e. The fourth-order valence-electron chi connectivity index (χ4n) is 1.64. The number of hydrogen-bond donors (Lipinski definition) is 2. The van der Waals surface area contributed by atoms with Crippen molar-refractivity contribution in [2.45, 2.75) is 44.7 Å². The van der Waals surface area contributed by atoms with Crippen molar-refractivity contribution in [3.8, 4) is 12.4 Å². The van der Waals surface area contributed by atoms with Crippen LogP contribution in [0.2, 0.25) is 0 Å². The average Bonchev–Trinajstić information content (AvgIpc) is 2.28. The van der Waals surface area contributed by atoms with Gasteiger partial charge in [0.15, 0.2) is 12.4 Å². The van der Waals surface area contributed by atoms with Crippen molar-refractivity contribution >= 4 is 0 Å². The molecule has 5 heteroatoms. The topological polar surface area (TPSA) is 74.9 Å². The molecule has 0 heterocycles. The second-order valence-corrected chi connectivity index (χ2v) is 4.42. The van der Waals surface area contributed by atoms with Gasteiger partial charge in [0.25, 0.3) is 0 Å². The van der Waals surface area contributed by atoms with E-state index in [4.69, 9.17) is 10.5 Å². The summed E-state index contributed by atoms with van der Waals surface area (Å²) >= 11 is 0. The first-order valence-electron chi connectivity index (χ1n) is 6.14. The first-order chi connectivity index (χ1) is 8.20. The molecule has 0 aromatic heterocycles. The molecule has 0 aliphatic rings. The molecular formula is C12H23N5. The minimum Gasteiger partial charge on any atom is -0.309 e. The van der Waals surface area contributed by atoms with Gasteiger partial charge in [-0.25, -0.2) is 0 Å². The Morgan fingerprint density at radius 3 is 2.00 bits per heavy atom. The molecule has 0 atom stereocenters. The molecular weight excluding hydrogens is 214 g/mol. The van der Waals surface area contributed by atoms with Crippen LogP contribution in [-0.2, 0) is 0 Å². The van der Waals surface area contributed by atoms with E-state index in [1.165, 1.54) is 19.3 Å². The van der Waals surface area contributed by atoms with Crippen LogP contribution in [0, 0.1) is 22.9 Å². The van der Waals surface area contributed by atoms with Gasteiger partial charge in [0, 0.05) is 0 Å². The van der Waals surface area contributed by atoms with Gasteiger partial charge in [-0.05, 0) is 39.9 Å². The third-order valence-electron chi connectivity index (χ3n) is 2.58. The molecule has 17 heavy (non-hydrogen) atoms. The zero-order valence-electron chi connectivity index (χ0n) is 10.9. The quantitative estimate of drug-likeness (QED) is 0.260. The smallest absolute Gasteiger partial charge is 0.178 e. The Balaban J connectivity index is 3.37. The monoisotopic (exact) mass is 237 g/mol. The van der Waals surface area contributed by atoms with Crippen LogP contribution >= 0.6 is 0 Å². The first kappa shape index (κ1) is 15.5. The van der Waals surface area contributed by atoms with Crippen LogP contribution in [0.4, 0.5) is 0 Å². The summed E-state index contributed by atoms with van der Waals surface area (Å²) in [6.45, 7) is 1.15. The SMILES string of the molecule is CN(C)CCCCCCCC(NC#N)NC#N. The van der Waals surface area contributed by atoms with Crippen molar-refractivity contribution in [2.24, 2.45) is 0 Å². The van der Waals surface area contributed by atoms with E-state index < -0.39 is 0 Å². The third-order valence-corrected chi connectivity index (χ3v) is 2.58. The Morgan fingerprint density at radius 1 is 0.941 bits per heavy atom. The second kappa shape index (κ2) is 11.0. The van der Waals surface area contributed by atoms with Gasteiger partial charge in [-0.3, -0.25) is 0 Å². The van der Waals surface area contributed by atoms with Gasteiger partial charge in [0.1, 0.15) is 6.17 Å². The summed E-state index contributed by atoms with van der Waals surface area (Å²) in [4.78, 5) is 2.20. The van der Waals surface area contributed by atoms with Crippen molar-refractivity contribution in [3.63, 3.8) is 0 Å². The lowest BCUT2D eigenvalue weighted by atomic mass is 10.1. The highest BCUT2D eigenvalue weighted by Crippen LogP contribution is 2.06. The zero-order valence-corrected chi connectivity index (χ0v) is 10.9. The summed E-state index contributed by atoms with van der Waals surface area (Å²) in [7, 11) is 4.18. The van der Waals surface area contributed by atoms with Gasteiger partial charge in [-0.15, -0.1) is 0 Å². The van der Waals surface area contributed by atoms with E-state index in [2.05, 4.69) is 29.6 Å². The molecule has 5 nitrogen and oxygen atoms in total. The van der Waals surface area contributed by atoms with Crippen molar-refractivity contribution < 1.29 is 0 Å². The highest BCUT2D eigenvalue weighted by atomic mass is 15.1. The van der Waals surface area contributed by atoms with Crippen LogP contribution in [-0.4, -0.2) is 31.7 Å². The number of nitrogens with zero attached hydrogens (tertiary/aromatic N) is 3. The molecule has 0 spiro atoms. The van der Waals surface area contributed by atoms with E-state index in [0.717, 1.165) is 25.8 Å². The van der Waals surface area contributed by atoms with E-state index in [0.29, 0.717) is 0 Å². The van der Waals surface area contributed by atoms with Gasteiger partial charge >= 0.3 is 0 Å². The van der Waals surface area contributed by atoms with Crippen molar-refractivity contribution in [1.29, 1.82) is 10.5 Å². The Hall–Kier alpha value is -1.46. The molecule has 0 aromatic rings. The number of nitrogens with one attached hydrogen (secondary N) is 2. The van der Waals surface area contributed by atoms with Crippen molar-refractivity contribution in [3.05, 3.63) is 0 Å². The third kappa shape index (κ3) is 10.8. The summed E-state index contributed by atoms with van der Waals surface area (Å²) in [5.41, 5.74) is 0. The number of unbranched alkanes of at least 4 members (excludes halogenated alkanes) is 4. The Bertz CT molecular complexity index is 235. The normalized spacial score (nSPS) is 10.0. The molecule has 2 N–H and O–H groups in total. The summed E-state index contributed by atoms with van der Waals surface area (Å²) in [5, 5.41) is 22.1. The number of hydrogen-bond acceptors (Lipinski definition) is 5. The largest absolute Gasteiger partial charge is 0.309 e. The maximum absolute atomic E-state index is 8.47. The first-order valence-corrected chi connectivity index (χ1v) is 6.14. The molecule has 0 saturated carbocycles. The molecule has 0 aliphatic carbocycles. The lowest BCUT2D eigenvalue weighted by molar-refractivity contribution is 0.387. The molecule has 0 radical (unpaired) electrons. The highest BCUT2D eigenvalue weighted by Gasteiger charge is 2.04. The maximum atomic E-state index is 8.47. The van der Waals surface area contributed by atoms with Gasteiger partial charge in [0.05, 0.1) is 0 Å². The number of rotatable bonds is 10. The molecule has 0 fully saturated rings. The fraction of sp³-hybridized carbons (Fsp3) is 0.833. The Kier molecular flexibility index (Phi) is 10.1. The predicted octanol–water partition coefficient (Wildman–Crippen LogP) is 1.36. The van der Waals surface area contributed by atoms with Crippen molar-refractivity contribution in [1.82, 2.24) is 15.5 Å². The Morgan fingerprint density at radius 2 is 1.47 bits per heavy atom. The van der Waals surface area contributed by atoms with E-state index >= 15 is 0 Å². The lowest BCUT2D eigenvalue weighted by Gasteiger charge is -2.12. The van der Waals surface area contributed by atoms with Gasteiger partial charge in [-0.2, -0.15) is 10.5 Å². The van der Waals surface area contributed by atoms with E-state index in [1.807, 2.05) is 12.4 Å². The van der Waals surface area contributed by atoms with E-state index in [1.54, 1.807) is 0 Å². The Labute approximate surface area is 104 Å². The van der Waals surface area contributed by atoms with Crippen LogP contribution in [0.1, 0.15) is 38.5 Å². The minimum absolute atomic E-state index is 0.202. The average molecular weight is 237 g/mol. The lowest BCUT2D eigenvalue weighted by Crippen LogP contribution is -2.36. The van der Waals surface area contributed by atoms with Crippen LogP contribution in [0.5, 0.6) is 0 Å². The van der Waals surface area contributed by atoms with Crippen LogP contribution in [0.3, 0.4) is 0 Å². The van der Waals surface area contributed by atoms with Gasteiger partial charge < -0.3 is 15.5 Å². The van der Waals surface area contributed by atoms with Crippen LogP contribution < -0.4 is 10.6 Å². The molecule has 0 amide bonds. The molecule has 0 saturated heterocycles. The summed E-state index contributed by atoms with van der Waals surface area (Å²) in [6, 6.07) is 0. The number of nitriles is 2. The van der Waals surface area contributed by atoms with Crippen molar-refractivity contribution in [2.75, 3.05) is 20.6 Å². The molecule has 0 aromatic carbocycles. The van der Waals surface area contributed by atoms with E-state index in [-0.39, 0.29) is 6.17 Å². The van der Waals surface area contributed by atoms with E-state index in [9.17, 15) is 0 Å². The van der Waals surface area contributed by atoms with Gasteiger partial charge in [-0.1, -0.05) is 19.3 Å². The van der Waals surface area contributed by atoms with Gasteiger partial charge in [0.2, 0.25) is 0 Å². The standard InChI is InChI=1S/C12H23N5/c1-17(2)9-7-5-3-4-6-8-12(15-10-13)16-11-14/h12,15-16H,3-9H2,1-2H3. The fourth-order valence-corrected chi connectivity index (χ4v) is 1.64. The highest BCUT2D eigenvalue weighted by molar-refractivity contribution is 4.80. The summed E-state index contributed by atoms with van der Waals surface area (Å²) in [6.07, 6.45) is 10.2. The second-order valence-electron chi connectivity index (χ2n) is 4.42. The predicted molar refractivity (Wildman–Crippen MR) is 67.5 cm³/mol. The molecule has 0 bridgehead atoms. The minimum atomic E-state index is -0.202. The molecule has 0 unspecified atom stereocenters. The summed E-state index contributed by atoms with van der Waals surface area (Å²) < 4.78 is 0. The summed E-state index contributed by atoms with van der Waals surface area (Å²) in [5.74, 6) is 0. The van der Waals surface area contributed by atoms with Crippen LogP contribution in [0.25, 0.3) is 0 Å². The molecule has 0 rings (SSSR count). The van der Waals surface area contributed by atoms with Crippen LogP contribution in [0.15, 0.2) is 0 Å². The zero-order chi connectivity index (χ0) is 12.9.